The molecule has 0 saturated carbocycles. The highest BCUT2D eigenvalue weighted by molar-refractivity contribution is 5.70. The summed E-state index contributed by atoms with van der Waals surface area (Å²) in [4.78, 5) is 10.5. The van der Waals surface area contributed by atoms with Gasteiger partial charge in [0, 0.05) is 6.61 Å². The average Bonchev–Trinajstić information content (AvgIpc) is 1.88. The van der Waals surface area contributed by atoms with Crippen LogP contribution in [0.5, 0.6) is 0 Å². The summed E-state index contributed by atoms with van der Waals surface area (Å²) in [5.41, 5.74) is 0. The Bertz CT molecular complexity index is 133. The highest BCUT2D eigenvalue weighted by Gasteiger charge is 2.27. The normalized spacial score (nSPS) is 33.7. The molecule has 1 rings (SSSR count). The summed E-state index contributed by atoms with van der Waals surface area (Å²) in [5.74, 6) is -1.01. The fourth-order valence-electron chi connectivity index (χ4n) is 1.25. The molecule has 3 heteroatoms. The molecule has 1 aliphatic rings. The van der Waals surface area contributed by atoms with Crippen LogP contribution < -0.4 is 0 Å². The van der Waals surface area contributed by atoms with Crippen LogP contribution in [0.15, 0.2) is 0 Å². The van der Waals surface area contributed by atoms with E-state index in [4.69, 9.17) is 9.84 Å². The van der Waals surface area contributed by atoms with Gasteiger partial charge in [-0.3, -0.25) is 4.79 Å². The van der Waals surface area contributed by atoms with Gasteiger partial charge in [0.15, 0.2) is 0 Å². The number of hydrogen-bond acceptors (Lipinski definition) is 2. The second kappa shape index (κ2) is 3.01. The van der Waals surface area contributed by atoms with Gasteiger partial charge in [-0.25, -0.2) is 0 Å². The van der Waals surface area contributed by atoms with Crippen LogP contribution >= 0.6 is 0 Å². The van der Waals surface area contributed by atoms with Gasteiger partial charge in [0.1, 0.15) is 0 Å². The van der Waals surface area contributed by atoms with E-state index in [1.807, 2.05) is 6.92 Å². The number of carboxylic acids is 1. The zero-order chi connectivity index (χ0) is 7.56. The minimum absolute atomic E-state index is 0.105. The van der Waals surface area contributed by atoms with Crippen LogP contribution in [0.1, 0.15) is 19.8 Å². The van der Waals surface area contributed by atoms with Crippen LogP contribution in [0.4, 0.5) is 0 Å². The maximum Gasteiger partial charge on any atom is 0.309 e. The Kier molecular flexibility index (Phi) is 2.27. The first kappa shape index (κ1) is 7.54. The molecule has 0 aliphatic carbocycles. The largest absolute Gasteiger partial charge is 0.481 e. The molecule has 2 unspecified atom stereocenters. The predicted octanol–water partition coefficient (Wildman–Crippen LogP) is 0.886. The first-order valence-corrected chi connectivity index (χ1v) is 3.56. The topological polar surface area (TPSA) is 46.5 Å². The van der Waals surface area contributed by atoms with E-state index in [2.05, 4.69) is 0 Å². The van der Waals surface area contributed by atoms with Crippen LogP contribution in [0, 0.1) is 5.92 Å². The molecule has 0 bridgehead atoms. The molecular formula is C7H12O3. The Labute approximate surface area is 60.0 Å². The quantitative estimate of drug-likeness (QED) is 0.594. The number of carboxylic acid groups (broad SMARTS) is 1. The molecule has 58 valence electrons. The molecule has 0 aromatic carbocycles. The molecule has 1 aliphatic heterocycles. The first-order valence-electron chi connectivity index (χ1n) is 3.56. The van der Waals surface area contributed by atoms with E-state index in [1.54, 1.807) is 0 Å². The molecule has 1 heterocycles. The lowest BCUT2D eigenvalue weighted by atomic mass is 9.96. The van der Waals surface area contributed by atoms with Crippen LogP contribution in [0.25, 0.3) is 0 Å². The maximum atomic E-state index is 10.5. The molecular weight excluding hydrogens is 132 g/mol. The van der Waals surface area contributed by atoms with Gasteiger partial charge >= 0.3 is 5.97 Å². The van der Waals surface area contributed by atoms with Crippen LogP contribution in [-0.2, 0) is 9.53 Å². The van der Waals surface area contributed by atoms with E-state index in [1.165, 1.54) is 0 Å². The van der Waals surface area contributed by atoms with Gasteiger partial charge in [-0.15, -0.1) is 0 Å². The molecule has 0 aromatic heterocycles. The molecule has 10 heavy (non-hydrogen) atoms. The Morgan fingerprint density at radius 3 is 2.80 bits per heavy atom. The lowest BCUT2D eigenvalue weighted by molar-refractivity contribution is -0.150. The van der Waals surface area contributed by atoms with Gasteiger partial charge < -0.3 is 9.84 Å². The van der Waals surface area contributed by atoms with Gasteiger partial charge in [0.2, 0.25) is 0 Å². The Morgan fingerprint density at radius 1 is 1.70 bits per heavy atom. The summed E-state index contributed by atoms with van der Waals surface area (Å²) in [6, 6.07) is 0. The van der Waals surface area contributed by atoms with Crippen molar-refractivity contribution in [2.45, 2.75) is 25.9 Å². The predicted molar refractivity (Wildman–Crippen MR) is 35.8 cm³/mol. The number of aliphatic carboxylic acids is 1. The van der Waals surface area contributed by atoms with Crippen molar-refractivity contribution in [1.29, 1.82) is 0 Å². The summed E-state index contributed by atoms with van der Waals surface area (Å²) < 4.78 is 5.17. The van der Waals surface area contributed by atoms with Crippen molar-refractivity contribution in [3.63, 3.8) is 0 Å². The second-order valence-corrected chi connectivity index (χ2v) is 2.66. The second-order valence-electron chi connectivity index (χ2n) is 2.66. The zero-order valence-electron chi connectivity index (χ0n) is 6.04. The zero-order valence-corrected chi connectivity index (χ0v) is 6.04. The van der Waals surface area contributed by atoms with E-state index in [9.17, 15) is 4.79 Å². The van der Waals surface area contributed by atoms with E-state index in [0.717, 1.165) is 12.8 Å². The fourth-order valence-corrected chi connectivity index (χ4v) is 1.25. The summed E-state index contributed by atoms with van der Waals surface area (Å²) in [5, 5.41) is 8.63. The van der Waals surface area contributed by atoms with Crippen LogP contribution in [0.2, 0.25) is 0 Å². The maximum absolute atomic E-state index is 10.5. The number of ether oxygens (including phenoxy) is 1. The van der Waals surface area contributed by atoms with Crippen molar-refractivity contribution in [3.05, 3.63) is 0 Å². The van der Waals surface area contributed by atoms with Crippen molar-refractivity contribution in [1.82, 2.24) is 0 Å². The fraction of sp³-hybridized carbons (Fsp3) is 0.857. The summed E-state index contributed by atoms with van der Waals surface area (Å²) in [6.07, 6.45) is 1.53. The molecule has 0 spiro atoms. The highest BCUT2D eigenvalue weighted by Crippen LogP contribution is 2.19. The summed E-state index contributed by atoms with van der Waals surface area (Å²) in [7, 11) is 0. The molecule has 2 atom stereocenters. The van der Waals surface area contributed by atoms with Crippen molar-refractivity contribution in [2.75, 3.05) is 6.61 Å². The van der Waals surface area contributed by atoms with Gasteiger partial charge in [0.05, 0.1) is 12.0 Å². The minimum Gasteiger partial charge on any atom is -0.481 e. The smallest absolute Gasteiger partial charge is 0.309 e. The summed E-state index contributed by atoms with van der Waals surface area (Å²) in [6.45, 7) is 2.53. The third-order valence-corrected chi connectivity index (χ3v) is 1.92. The van der Waals surface area contributed by atoms with Gasteiger partial charge in [0.25, 0.3) is 0 Å². The van der Waals surface area contributed by atoms with Crippen molar-refractivity contribution < 1.29 is 14.6 Å². The van der Waals surface area contributed by atoms with Crippen LogP contribution in [-0.4, -0.2) is 23.8 Å². The number of carbonyl (C=O) groups is 1. The van der Waals surface area contributed by atoms with Gasteiger partial charge in [-0.05, 0) is 19.8 Å². The number of rotatable bonds is 1. The van der Waals surface area contributed by atoms with Crippen molar-refractivity contribution in [3.8, 4) is 0 Å². The van der Waals surface area contributed by atoms with E-state index in [-0.39, 0.29) is 12.0 Å². The summed E-state index contributed by atoms with van der Waals surface area (Å²) >= 11 is 0. The number of hydrogen-bond donors (Lipinski definition) is 1. The minimum atomic E-state index is -0.729. The standard InChI is InChI=1S/C7H12O3/c1-5-6(7(8)9)3-2-4-10-5/h5-6H,2-4H2,1H3,(H,8,9). The average molecular weight is 144 g/mol. The molecule has 1 fully saturated rings. The first-order chi connectivity index (χ1) is 4.72. The monoisotopic (exact) mass is 144 g/mol. The lowest BCUT2D eigenvalue weighted by Crippen LogP contribution is -2.32. The van der Waals surface area contributed by atoms with E-state index >= 15 is 0 Å². The van der Waals surface area contributed by atoms with Gasteiger partial charge in [-0.2, -0.15) is 0 Å². The SMILES string of the molecule is CC1OCCCC1C(=O)O. The third kappa shape index (κ3) is 1.48. The Balaban J connectivity index is 2.47. The van der Waals surface area contributed by atoms with E-state index in [0.29, 0.717) is 6.61 Å². The molecule has 1 N–H and O–H groups in total. The molecule has 1 saturated heterocycles. The molecule has 0 aromatic rings. The highest BCUT2D eigenvalue weighted by atomic mass is 16.5. The van der Waals surface area contributed by atoms with Crippen molar-refractivity contribution >= 4 is 5.97 Å². The van der Waals surface area contributed by atoms with E-state index < -0.39 is 5.97 Å². The van der Waals surface area contributed by atoms with Gasteiger partial charge in [-0.1, -0.05) is 0 Å². The molecule has 0 amide bonds. The Morgan fingerprint density at radius 2 is 2.40 bits per heavy atom. The molecule has 3 nitrogen and oxygen atoms in total. The third-order valence-electron chi connectivity index (χ3n) is 1.92. The van der Waals surface area contributed by atoms with Crippen LogP contribution in [0.3, 0.4) is 0 Å². The van der Waals surface area contributed by atoms with Crippen molar-refractivity contribution in [2.24, 2.45) is 5.92 Å². The Hall–Kier alpha value is -0.570. The molecule has 0 radical (unpaired) electrons. The lowest BCUT2D eigenvalue weighted by Gasteiger charge is -2.25.